The van der Waals surface area contributed by atoms with Crippen LogP contribution in [0.2, 0.25) is 0 Å². The molecule has 2 aromatic rings. The minimum atomic E-state index is -0.448. The molecule has 0 radical (unpaired) electrons. The van der Waals surface area contributed by atoms with Crippen molar-refractivity contribution >= 4 is 11.8 Å². The molecule has 2 aliphatic heterocycles. The van der Waals surface area contributed by atoms with Crippen molar-refractivity contribution in [2.45, 2.75) is 19.3 Å². The highest BCUT2D eigenvalue weighted by molar-refractivity contribution is 5.98. The number of rotatable bonds is 2. The van der Waals surface area contributed by atoms with Crippen LogP contribution >= 0.6 is 0 Å². The highest BCUT2D eigenvalue weighted by Gasteiger charge is 2.48. The molecular formula is C20H23N3O3. The van der Waals surface area contributed by atoms with E-state index in [1.807, 2.05) is 36.1 Å². The first kappa shape index (κ1) is 16.7. The highest BCUT2D eigenvalue weighted by atomic mass is 16.3. The van der Waals surface area contributed by atoms with Crippen LogP contribution in [0.15, 0.2) is 42.7 Å². The number of benzene rings is 1. The molecule has 0 saturated carbocycles. The molecule has 6 nitrogen and oxygen atoms in total. The lowest BCUT2D eigenvalue weighted by atomic mass is 9.78. The summed E-state index contributed by atoms with van der Waals surface area (Å²) in [5, 5.41) is 10.2. The predicted octanol–water partition coefficient (Wildman–Crippen LogP) is 2.27. The fourth-order valence-corrected chi connectivity index (χ4v) is 4.23. The molecule has 3 heterocycles. The number of hydrogen-bond acceptors (Lipinski definition) is 3. The summed E-state index contributed by atoms with van der Waals surface area (Å²) in [5.74, 6) is -0.0993. The Labute approximate surface area is 152 Å². The molecule has 2 amide bonds. The van der Waals surface area contributed by atoms with E-state index in [-0.39, 0.29) is 23.1 Å². The van der Waals surface area contributed by atoms with Gasteiger partial charge in [-0.15, -0.1) is 0 Å². The third kappa shape index (κ3) is 2.66. The topological polar surface area (TPSA) is 65.8 Å². The number of phenols is 1. The minimum absolute atomic E-state index is 0.0288. The Kier molecular flexibility index (Phi) is 3.98. The third-order valence-corrected chi connectivity index (χ3v) is 5.70. The fraction of sp³-hybridized carbons (Fsp3) is 0.400. The summed E-state index contributed by atoms with van der Waals surface area (Å²) in [4.78, 5) is 29.2. The Balaban J connectivity index is 1.59. The smallest absolute Gasteiger partial charge is 0.257 e. The Morgan fingerprint density at radius 1 is 1.15 bits per heavy atom. The van der Waals surface area contributed by atoms with Crippen molar-refractivity contribution in [3.05, 3.63) is 48.3 Å². The van der Waals surface area contributed by atoms with Crippen LogP contribution in [0.25, 0.3) is 5.69 Å². The zero-order chi connectivity index (χ0) is 18.3. The van der Waals surface area contributed by atoms with Gasteiger partial charge in [-0.25, -0.2) is 0 Å². The Morgan fingerprint density at radius 3 is 2.69 bits per heavy atom. The van der Waals surface area contributed by atoms with Gasteiger partial charge in [0.15, 0.2) is 0 Å². The van der Waals surface area contributed by atoms with E-state index >= 15 is 0 Å². The molecule has 2 aliphatic rings. The van der Waals surface area contributed by atoms with Crippen LogP contribution in [0.3, 0.4) is 0 Å². The van der Waals surface area contributed by atoms with Crippen molar-refractivity contribution in [2.75, 3.05) is 26.7 Å². The van der Waals surface area contributed by atoms with E-state index in [2.05, 4.69) is 0 Å². The van der Waals surface area contributed by atoms with Gasteiger partial charge >= 0.3 is 0 Å². The predicted molar refractivity (Wildman–Crippen MR) is 97.3 cm³/mol. The second kappa shape index (κ2) is 6.20. The number of hydrogen-bond donors (Lipinski definition) is 1. The number of amides is 2. The summed E-state index contributed by atoms with van der Waals surface area (Å²) in [6, 6.07) is 8.84. The van der Waals surface area contributed by atoms with Crippen molar-refractivity contribution in [3.63, 3.8) is 0 Å². The minimum Gasteiger partial charge on any atom is -0.507 e. The summed E-state index contributed by atoms with van der Waals surface area (Å²) in [6.45, 7) is 1.77. The number of carbonyl (C=O) groups excluding carboxylic acids is 2. The van der Waals surface area contributed by atoms with Gasteiger partial charge < -0.3 is 19.5 Å². The molecule has 4 rings (SSSR count). The standard InChI is InChI=1S/C20H23N3O3/c1-21-9-4-7-20(19(21)26)8-12-23(14-20)18(25)16-13-15(5-6-17(16)24)22-10-2-3-11-22/h2-3,5-6,10-11,13,24H,4,7-9,12,14H2,1H3/t20-/m1/s1. The molecule has 0 unspecified atom stereocenters. The number of phenolic OH excluding ortho intramolecular Hbond substituents is 1. The van der Waals surface area contributed by atoms with Crippen molar-refractivity contribution < 1.29 is 14.7 Å². The first-order valence-electron chi connectivity index (χ1n) is 9.01. The molecule has 26 heavy (non-hydrogen) atoms. The van der Waals surface area contributed by atoms with Crippen LogP contribution in [0.4, 0.5) is 0 Å². The highest BCUT2D eigenvalue weighted by Crippen LogP contribution is 2.40. The summed E-state index contributed by atoms with van der Waals surface area (Å²) in [5.41, 5.74) is 0.652. The number of nitrogens with zero attached hydrogens (tertiary/aromatic N) is 3. The van der Waals surface area contributed by atoms with E-state index in [4.69, 9.17) is 0 Å². The van der Waals surface area contributed by atoms with Gasteiger partial charge in [0.05, 0.1) is 11.0 Å². The molecule has 1 spiro atoms. The molecule has 0 aliphatic carbocycles. The molecule has 1 aromatic heterocycles. The van der Waals surface area contributed by atoms with Gasteiger partial charge in [0.25, 0.3) is 5.91 Å². The molecule has 136 valence electrons. The Hall–Kier alpha value is -2.76. The number of carbonyl (C=O) groups is 2. The third-order valence-electron chi connectivity index (χ3n) is 5.70. The SMILES string of the molecule is CN1CCC[C@]2(CCN(C(=O)c3cc(-n4cccc4)ccc3O)C2)C1=O. The number of aromatic nitrogens is 1. The first-order valence-corrected chi connectivity index (χ1v) is 9.01. The molecule has 2 saturated heterocycles. The van der Waals surface area contributed by atoms with Gasteiger partial charge in [-0.2, -0.15) is 0 Å². The molecule has 1 N–H and O–H groups in total. The average molecular weight is 353 g/mol. The van der Waals surface area contributed by atoms with E-state index in [1.165, 1.54) is 0 Å². The molecule has 1 atom stereocenters. The van der Waals surface area contributed by atoms with E-state index in [1.54, 1.807) is 28.0 Å². The van der Waals surface area contributed by atoms with Crippen LogP contribution in [-0.4, -0.2) is 58.0 Å². The van der Waals surface area contributed by atoms with E-state index in [0.717, 1.165) is 25.1 Å². The zero-order valence-electron chi connectivity index (χ0n) is 14.9. The van der Waals surface area contributed by atoms with Crippen molar-refractivity contribution in [1.82, 2.24) is 14.4 Å². The maximum atomic E-state index is 13.0. The largest absolute Gasteiger partial charge is 0.507 e. The lowest BCUT2D eigenvalue weighted by molar-refractivity contribution is -0.143. The second-order valence-electron chi connectivity index (χ2n) is 7.38. The maximum Gasteiger partial charge on any atom is 0.257 e. The first-order chi connectivity index (χ1) is 12.5. The van der Waals surface area contributed by atoms with E-state index in [9.17, 15) is 14.7 Å². The number of aromatic hydroxyl groups is 1. The Morgan fingerprint density at radius 2 is 1.92 bits per heavy atom. The number of likely N-dealkylation sites (tertiary alicyclic amines) is 2. The summed E-state index contributed by atoms with van der Waals surface area (Å²) < 4.78 is 1.89. The van der Waals surface area contributed by atoms with Crippen molar-refractivity contribution in [2.24, 2.45) is 5.41 Å². The van der Waals surface area contributed by atoms with Crippen molar-refractivity contribution in [1.29, 1.82) is 0 Å². The van der Waals surface area contributed by atoms with Crippen molar-refractivity contribution in [3.8, 4) is 11.4 Å². The second-order valence-corrected chi connectivity index (χ2v) is 7.38. The van der Waals surface area contributed by atoms with Crippen LogP contribution in [0.1, 0.15) is 29.6 Å². The number of piperidine rings is 1. The molecule has 2 fully saturated rings. The Bertz CT molecular complexity index is 846. The van der Waals surface area contributed by atoms with Gasteiger partial charge in [-0.05, 0) is 49.6 Å². The normalized spacial score (nSPS) is 23.0. The van der Waals surface area contributed by atoms with Crippen LogP contribution < -0.4 is 0 Å². The average Bonchev–Trinajstić information content (AvgIpc) is 3.30. The summed E-state index contributed by atoms with van der Waals surface area (Å²) in [7, 11) is 1.83. The molecular weight excluding hydrogens is 330 g/mol. The lowest BCUT2D eigenvalue weighted by Gasteiger charge is -2.37. The van der Waals surface area contributed by atoms with Gasteiger partial charge in [0.1, 0.15) is 5.75 Å². The maximum absolute atomic E-state index is 13.0. The summed E-state index contributed by atoms with van der Waals surface area (Å²) in [6.07, 6.45) is 6.28. The van der Waals surface area contributed by atoms with E-state index in [0.29, 0.717) is 19.5 Å². The zero-order valence-corrected chi connectivity index (χ0v) is 14.9. The summed E-state index contributed by atoms with van der Waals surface area (Å²) >= 11 is 0. The molecule has 6 heteroatoms. The lowest BCUT2D eigenvalue weighted by Crippen LogP contribution is -2.48. The van der Waals surface area contributed by atoms with Crippen LogP contribution in [-0.2, 0) is 4.79 Å². The van der Waals surface area contributed by atoms with Crippen LogP contribution in [0, 0.1) is 5.41 Å². The quantitative estimate of drug-likeness (QED) is 0.901. The van der Waals surface area contributed by atoms with Gasteiger partial charge in [-0.3, -0.25) is 9.59 Å². The fourth-order valence-electron chi connectivity index (χ4n) is 4.23. The van der Waals surface area contributed by atoms with Gasteiger partial charge in [-0.1, -0.05) is 0 Å². The van der Waals surface area contributed by atoms with Gasteiger partial charge in [0.2, 0.25) is 5.91 Å². The monoisotopic (exact) mass is 353 g/mol. The van der Waals surface area contributed by atoms with Gasteiger partial charge in [0, 0.05) is 44.8 Å². The van der Waals surface area contributed by atoms with Crippen LogP contribution in [0.5, 0.6) is 5.75 Å². The van der Waals surface area contributed by atoms with E-state index < -0.39 is 5.41 Å². The molecule has 0 bridgehead atoms. The molecule has 1 aromatic carbocycles.